The number of benzene rings is 1. The third kappa shape index (κ3) is 4.68. The molecule has 1 aromatic carbocycles. The molecule has 5 rings (SSSR count). The van der Waals surface area contributed by atoms with E-state index < -0.39 is 11.6 Å². The number of carbonyl (C=O) groups excluding carboxylic acids is 1. The summed E-state index contributed by atoms with van der Waals surface area (Å²) in [6, 6.07) is 2.47. The van der Waals surface area contributed by atoms with Crippen LogP contribution in [0.5, 0.6) is 0 Å². The molecule has 1 aliphatic heterocycles. The van der Waals surface area contributed by atoms with Gasteiger partial charge in [0.25, 0.3) is 0 Å². The molecule has 1 unspecified atom stereocenters. The Bertz CT molecular complexity index is 1140. The van der Waals surface area contributed by atoms with Gasteiger partial charge in [0.15, 0.2) is 11.6 Å². The van der Waals surface area contributed by atoms with Crippen molar-refractivity contribution in [3.8, 4) is 0 Å². The number of anilines is 1. The van der Waals surface area contributed by atoms with Crippen LogP contribution in [-0.2, 0) is 41.9 Å². The van der Waals surface area contributed by atoms with Crippen molar-refractivity contribution in [2.45, 2.75) is 51.4 Å². The van der Waals surface area contributed by atoms with Gasteiger partial charge in [0.1, 0.15) is 6.61 Å². The van der Waals surface area contributed by atoms with Crippen LogP contribution in [0.2, 0.25) is 0 Å². The molecule has 0 radical (unpaired) electrons. The lowest BCUT2D eigenvalue weighted by atomic mass is 10.1. The molecule has 0 saturated heterocycles. The average Bonchev–Trinajstić information content (AvgIpc) is 3.52. The Hall–Kier alpha value is -3.47. The van der Waals surface area contributed by atoms with E-state index in [1.54, 1.807) is 17.3 Å². The summed E-state index contributed by atoms with van der Waals surface area (Å²) in [6.45, 7) is 2.67. The van der Waals surface area contributed by atoms with Crippen molar-refractivity contribution in [1.82, 2.24) is 30.3 Å². The van der Waals surface area contributed by atoms with Crippen molar-refractivity contribution in [2.24, 2.45) is 0 Å². The third-order valence-corrected chi connectivity index (χ3v) is 5.97. The SMILES string of the molecule is CC(Cc1c[nH]nn1)OCC(=O)N1Cc2cnc(NC3Cc4cc(F)c(F)cc4C3)nc2C1. The largest absolute Gasteiger partial charge is 0.368 e. The fourth-order valence-corrected chi connectivity index (χ4v) is 4.28. The molecule has 3 aromatic rings. The highest BCUT2D eigenvalue weighted by molar-refractivity contribution is 5.78. The zero-order valence-electron chi connectivity index (χ0n) is 18.0. The molecular weight excluding hydrogens is 432 g/mol. The monoisotopic (exact) mass is 455 g/mol. The third-order valence-electron chi connectivity index (χ3n) is 5.97. The van der Waals surface area contributed by atoms with Gasteiger partial charge in [-0.25, -0.2) is 18.7 Å². The van der Waals surface area contributed by atoms with E-state index in [4.69, 9.17) is 4.74 Å². The average molecular weight is 455 g/mol. The second kappa shape index (κ2) is 8.81. The molecule has 0 fully saturated rings. The summed E-state index contributed by atoms with van der Waals surface area (Å²) in [7, 11) is 0. The van der Waals surface area contributed by atoms with Crippen LogP contribution in [0.15, 0.2) is 24.5 Å². The number of carbonyl (C=O) groups is 1. The lowest BCUT2D eigenvalue weighted by Crippen LogP contribution is -2.31. The number of halogens is 2. The van der Waals surface area contributed by atoms with E-state index in [2.05, 4.69) is 30.7 Å². The molecule has 1 aliphatic carbocycles. The smallest absolute Gasteiger partial charge is 0.249 e. The van der Waals surface area contributed by atoms with Gasteiger partial charge in [0.05, 0.1) is 24.0 Å². The first-order chi connectivity index (χ1) is 15.9. The summed E-state index contributed by atoms with van der Waals surface area (Å²) in [5.41, 5.74) is 4.04. The number of ether oxygens (including phenoxy) is 1. The molecule has 1 atom stereocenters. The summed E-state index contributed by atoms with van der Waals surface area (Å²) < 4.78 is 32.7. The molecular formula is C22H23F2N7O2. The van der Waals surface area contributed by atoms with E-state index in [1.165, 1.54) is 12.1 Å². The Kier molecular flexibility index (Phi) is 5.71. The minimum atomic E-state index is -0.829. The molecule has 33 heavy (non-hydrogen) atoms. The summed E-state index contributed by atoms with van der Waals surface area (Å²) in [5.74, 6) is -1.34. The second-order valence-corrected chi connectivity index (χ2v) is 8.49. The van der Waals surface area contributed by atoms with E-state index in [9.17, 15) is 13.6 Å². The Balaban J connectivity index is 1.14. The van der Waals surface area contributed by atoms with E-state index in [0.717, 1.165) is 28.1 Å². The Morgan fingerprint density at radius 1 is 1.24 bits per heavy atom. The second-order valence-electron chi connectivity index (χ2n) is 8.49. The zero-order valence-corrected chi connectivity index (χ0v) is 18.0. The Labute approximate surface area is 188 Å². The van der Waals surface area contributed by atoms with Crippen LogP contribution < -0.4 is 5.32 Å². The number of hydrogen-bond donors (Lipinski definition) is 2. The first-order valence-corrected chi connectivity index (χ1v) is 10.8. The fraction of sp³-hybridized carbons (Fsp3) is 0.409. The number of fused-ring (bicyclic) bond motifs is 2. The van der Waals surface area contributed by atoms with Crippen LogP contribution >= 0.6 is 0 Å². The minimum absolute atomic E-state index is 0.0288. The first-order valence-electron chi connectivity index (χ1n) is 10.8. The van der Waals surface area contributed by atoms with Crippen molar-refractivity contribution < 1.29 is 18.3 Å². The molecule has 2 aromatic heterocycles. The van der Waals surface area contributed by atoms with E-state index in [-0.39, 0.29) is 24.7 Å². The number of H-pyrrole nitrogens is 1. The predicted molar refractivity (Wildman–Crippen MR) is 113 cm³/mol. The topological polar surface area (TPSA) is 109 Å². The van der Waals surface area contributed by atoms with Crippen LogP contribution in [0.25, 0.3) is 0 Å². The van der Waals surface area contributed by atoms with Gasteiger partial charge < -0.3 is 15.0 Å². The predicted octanol–water partition coefficient (Wildman–Crippen LogP) is 1.94. The molecule has 0 bridgehead atoms. The van der Waals surface area contributed by atoms with E-state index in [1.807, 2.05) is 6.92 Å². The van der Waals surface area contributed by atoms with Gasteiger partial charge in [-0.05, 0) is 43.0 Å². The van der Waals surface area contributed by atoms with Crippen LogP contribution in [0.4, 0.5) is 14.7 Å². The van der Waals surface area contributed by atoms with Gasteiger partial charge in [-0.2, -0.15) is 0 Å². The highest BCUT2D eigenvalue weighted by atomic mass is 19.2. The van der Waals surface area contributed by atoms with Crippen LogP contribution in [0, 0.1) is 11.6 Å². The number of aromatic nitrogens is 5. The van der Waals surface area contributed by atoms with Crippen LogP contribution in [0.1, 0.15) is 35.0 Å². The van der Waals surface area contributed by atoms with Crippen LogP contribution in [0.3, 0.4) is 0 Å². The fourth-order valence-electron chi connectivity index (χ4n) is 4.28. The lowest BCUT2D eigenvalue weighted by molar-refractivity contribution is -0.138. The number of nitrogens with one attached hydrogen (secondary N) is 2. The number of hydrogen-bond acceptors (Lipinski definition) is 7. The van der Waals surface area contributed by atoms with Crippen molar-refractivity contribution in [3.63, 3.8) is 0 Å². The van der Waals surface area contributed by atoms with Crippen LogP contribution in [-0.4, -0.2) is 54.9 Å². The van der Waals surface area contributed by atoms with Gasteiger partial charge >= 0.3 is 0 Å². The summed E-state index contributed by atoms with van der Waals surface area (Å²) >= 11 is 0. The number of rotatable bonds is 7. The number of nitrogens with zero attached hydrogens (tertiary/aromatic N) is 5. The summed E-state index contributed by atoms with van der Waals surface area (Å²) in [5, 5.41) is 13.5. The van der Waals surface area contributed by atoms with Crippen molar-refractivity contribution in [2.75, 3.05) is 11.9 Å². The highest BCUT2D eigenvalue weighted by Crippen LogP contribution is 2.27. The maximum atomic E-state index is 13.5. The quantitative estimate of drug-likeness (QED) is 0.560. The number of amides is 1. The Morgan fingerprint density at radius 3 is 2.70 bits per heavy atom. The molecule has 9 nitrogen and oxygen atoms in total. The summed E-state index contributed by atoms with van der Waals surface area (Å²) in [4.78, 5) is 23.2. The van der Waals surface area contributed by atoms with Gasteiger partial charge in [-0.15, -0.1) is 5.10 Å². The van der Waals surface area contributed by atoms with Crippen molar-refractivity contribution in [1.29, 1.82) is 0 Å². The molecule has 172 valence electrons. The number of aromatic amines is 1. The Morgan fingerprint density at radius 2 is 2.00 bits per heavy atom. The normalized spacial score (nSPS) is 16.0. The standard InChI is InChI=1S/C22H23F2N7O2/c1-12(2-17-8-26-30-29-17)33-11-21(32)31-9-15-7-25-22(28-20(15)10-31)27-16-3-13-5-18(23)19(24)6-14(13)4-16/h5-8,12,16H,2-4,9-11H2,1H3,(H,25,27,28)(H,26,29,30). The minimum Gasteiger partial charge on any atom is -0.368 e. The first kappa shape index (κ1) is 21.4. The maximum absolute atomic E-state index is 13.5. The van der Waals surface area contributed by atoms with Crippen molar-refractivity contribution >= 4 is 11.9 Å². The summed E-state index contributed by atoms with van der Waals surface area (Å²) in [6.07, 6.45) is 4.95. The van der Waals surface area contributed by atoms with Gasteiger partial charge in [-0.1, -0.05) is 5.21 Å². The molecule has 11 heteroatoms. The van der Waals surface area contributed by atoms with Gasteiger partial charge in [0, 0.05) is 37.0 Å². The lowest BCUT2D eigenvalue weighted by Gasteiger charge is -2.17. The molecule has 3 heterocycles. The maximum Gasteiger partial charge on any atom is 0.249 e. The van der Waals surface area contributed by atoms with E-state index >= 15 is 0 Å². The van der Waals surface area contributed by atoms with Gasteiger partial charge in [-0.3, -0.25) is 9.89 Å². The molecule has 1 amide bonds. The molecule has 2 N–H and O–H groups in total. The molecule has 0 spiro atoms. The van der Waals surface area contributed by atoms with E-state index in [0.29, 0.717) is 38.3 Å². The molecule has 2 aliphatic rings. The zero-order chi connectivity index (χ0) is 22.9. The molecule has 0 saturated carbocycles. The van der Waals surface area contributed by atoms with Crippen molar-refractivity contribution in [3.05, 3.63) is 64.2 Å². The highest BCUT2D eigenvalue weighted by Gasteiger charge is 2.28. The van der Waals surface area contributed by atoms with Gasteiger partial charge in [0.2, 0.25) is 11.9 Å².